The number of hydrogen-bond donors (Lipinski definition) is 4. The van der Waals surface area contributed by atoms with Gasteiger partial charge in [-0.3, -0.25) is 0 Å². The van der Waals surface area contributed by atoms with Crippen LogP contribution in [-0.2, 0) is 16.0 Å². The lowest BCUT2D eigenvalue weighted by atomic mass is 10.1. The third-order valence-corrected chi connectivity index (χ3v) is 3.95. The molecule has 1 aromatic carbocycles. The van der Waals surface area contributed by atoms with Crippen molar-refractivity contribution in [1.82, 2.24) is 16.0 Å². The van der Waals surface area contributed by atoms with Crippen LogP contribution in [0.4, 0.5) is 9.59 Å². The number of benzene rings is 1. The Labute approximate surface area is 164 Å². The summed E-state index contributed by atoms with van der Waals surface area (Å²) in [6.07, 6.45) is 0.961. The Bertz CT molecular complexity index is 804. The molecule has 0 aromatic heterocycles. The number of amides is 3. The lowest BCUT2D eigenvalue weighted by molar-refractivity contribution is -0.130. The molecule has 1 unspecified atom stereocenters. The molecule has 0 heterocycles. The first-order valence-electron chi connectivity index (χ1n) is 9.00. The van der Waals surface area contributed by atoms with Gasteiger partial charge in [-0.25, -0.2) is 14.4 Å². The molecule has 0 aliphatic heterocycles. The van der Waals surface area contributed by atoms with Crippen molar-refractivity contribution in [2.75, 3.05) is 6.54 Å². The number of fused-ring (bicyclic) bond motifs is 1. The fourth-order valence-corrected chi connectivity index (χ4v) is 2.85. The molecule has 4 N–H and O–H groups in total. The fourth-order valence-electron chi connectivity index (χ4n) is 2.85. The maximum absolute atomic E-state index is 12.2. The largest absolute Gasteiger partial charge is 0.472 e. The average molecular weight is 387 g/mol. The number of hydrogen-bond acceptors (Lipinski definition) is 4. The van der Waals surface area contributed by atoms with E-state index in [-0.39, 0.29) is 12.6 Å². The highest BCUT2D eigenvalue weighted by atomic mass is 16.6. The van der Waals surface area contributed by atoms with Gasteiger partial charge >= 0.3 is 18.1 Å². The highest BCUT2D eigenvalue weighted by Crippen LogP contribution is 2.30. The summed E-state index contributed by atoms with van der Waals surface area (Å²) in [5, 5.41) is 16.7. The van der Waals surface area contributed by atoms with Crippen LogP contribution in [0.1, 0.15) is 44.4 Å². The molecule has 8 heteroatoms. The number of aliphatic carboxylic acids is 1. The van der Waals surface area contributed by atoms with Crippen LogP contribution in [0.5, 0.6) is 0 Å². The van der Waals surface area contributed by atoms with Gasteiger partial charge in [0, 0.05) is 5.92 Å². The summed E-state index contributed by atoms with van der Waals surface area (Å²) in [6, 6.07) is 6.50. The summed E-state index contributed by atoms with van der Waals surface area (Å²) >= 11 is 0. The van der Waals surface area contributed by atoms with E-state index in [1.165, 1.54) is 5.56 Å². The Balaban J connectivity index is 1.91. The first-order valence-corrected chi connectivity index (χ1v) is 9.00. The van der Waals surface area contributed by atoms with Crippen LogP contribution in [0.15, 0.2) is 24.3 Å². The number of rotatable bonds is 4. The SMILES string of the molecule is CC(C)(C)OC(=O)NC(C#CC(=O)O)CNC(=O)N[C@@H]1CCc2ccccc21. The minimum absolute atomic E-state index is 0.0697. The zero-order valence-corrected chi connectivity index (χ0v) is 16.2. The molecule has 3 amide bonds. The van der Waals surface area contributed by atoms with Gasteiger partial charge in [-0.2, -0.15) is 0 Å². The maximum atomic E-state index is 12.2. The zero-order chi connectivity index (χ0) is 20.7. The van der Waals surface area contributed by atoms with Gasteiger partial charge in [0.25, 0.3) is 0 Å². The Hall–Kier alpha value is -3.21. The van der Waals surface area contributed by atoms with Gasteiger partial charge in [0.05, 0.1) is 12.6 Å². The van der Waals surface area contributed by atoms with E-state index >= 15 is 0 Å². The van der Waals surface area contributed by atoms with Crippen molar-refractivity contribution in [2.24, 2.45) is 0 Å². The molecule has 0 saturated carbocycles. The topological polar surface area (TPSA) is 117 Å². The summed E-state index contributed by atoms with van der Waals surface area (Å²) in [5.41, 5.74) is 1.59. The van der Waals surface area contributed by atoms with Gasteiger partial charge in [0.2, 0.25) is 0 Å². The molecule has 0 spiro atoms. The van der Waals surface area contributed by atoms with Crippen LogP contribution in [0.25, 0.3) is 0 Å². The summed E-state index contributed by atoms with van der Waals surface area (Å²) < 4.78 is 5.13. The number of carboxylic acid groups (broad SMARTS) is 1. The lowest BCUT2D eigenvalue weighted by Crippen LogP contribution is -2.47. The molecule has 0 bridgehead atoms. The molecule has 2 atom stereocenters. The number of ether oxygens (including phenoxy) is 1. The number of alkyl carbamates (subject to hydrolysis) is 1. The van der Waals surface area contributed by atoms with Crippen LogP contribution in [0, 0.1) is 11.8 Å². The molecule has 0 saturated heterocycles. The van der Waals surface area contributed by atoms with E-state index in [1.54, 1.807) is 20.8 Å². The number of carboxylic acids is 1. The van der Waals surface area contributed by atoms with Crippen molar-refractivity contribution in [3.8, 4) is 11.8 Å². The van der Waals surface area contributed by atoms with Gasteiger partial charge in [-0.1, -0.05) is 30.2 Å². The quantitative estimate of drug-likeness (QED) is 0.589. The van der Waals surface area contributed by atoms with E-state index in [0.717, 1.165) is 18.4 Å². The highest BCUT2D eigenvalue weighted by Gasteiger charge is 2.24. The van der Waals surface area contributed by atoms with Crippen molar-refractivity contribution in [3.63, 3.8) is 0 Å². The molecular formula is C20H25N3O5. The third kappa shape index (κ3) is 6.83. The normalized spacial score (nSPS) is 16.0. The first-order chi connectivity index (χ1) is 13.1. The average Bonchev–Trinajstić information content (AvgIpc) is 2.98. The zero-order valence-electron chi connectivity index (χ0n) is 16.2. The van der Waals surface area contributed by atoms with Gasteiger partial charge in [0.1, 0.15) is 11.6 Å². The van der Waals surface area contributed by atoms with E-state index in [9.17, 15) is 14.4 Å². The Morgan fingerprint density at radius 3 is 2.68 bits per heavy atom. The summed E-state index contributed by atoms with van der Waals surface area (Å²) in [5.74, 6) is 3.01. The molecule has 1 aliphatic carbocycles. The standard InChI is InChI=1S/C20H25N3O5/c1-20(2,3)28-19(27)22-14(9-11-17(24)25)12-21-18(26)23-16-10-8-13-6-4-5-7-15(13)16/h4-7,14,16H,8,10,12H2,1-3H3,(H,22,27)(H,24,25)(H2,21,23,26)/t14?,16-/m1/s1. The molecule has 8 nitrogen and oxygen atoms in total. The molecule has 0 fully saturated rings. The monoisotopic (exact) mass is 387 g/mol. The van der Waals surface area contributed by atoms with Crippen molar-refractivity contribution in [1.29, 1.82) is 0 Å². The first kappa shape index (κ1) is 21.1. The summed E-state index contributed by atoms with van der Waals surface area (Å²) in [7, 11) is 0. The second-order valence-corrected chi connectivity index (χ2v) is 7.42. The molecular weight excluding hydrogens is 362 g/mol. The number of carbonyl (C=O) groups is 3. The van der Waals surface area contributed by atoms with Gasteiger partial charge in [0.15, 0.2) is 0 Å². The van der Waals surface area contributed by atoms with Crippen molar-refractivity contribution in [2.45, 2.75) is 51.3 Å². The lowest BCUT2D eigenvalue weighted by Gasteiger charge is -2.22. The fraction of sp³-hybridized carbons (Fsp3) is 0.450. The highest BCUT2D eigenvalue weighted by molar-refractivity contribution is 5.86. The molecule has 1 aromatic rings. The second-order valence-electron chi connectivity index (χ2n) is 7.42. The minimum Gasteiger partial charge on any atom is -0.472 e. The van der Waals surface area contributed by atoms with E-state index in [1.807, 2.05) is 30.2 Å². The number of aryl methyl sites for hydroxylation is 1. The van der Waals surface area contributed by atoms with Crippen LogP contribution in [0.3, 0.4) is 0 Å². The van der Waals surface area contributed by atoms with Crippen LogP contribution in [-0.4, -0.2) is 41.4 Å². The molecule has 1 aliphatic rings. The molecule has 0 radical (unpaired) electrons. The minimum atomic E-state index is -1.33. The number of urea groups is 1. The Morgan fingerprint density at radius 1 is 1.29 bits per heavy atom. The smallest absolute Gasteiger partial charge is 0.408 e. The van der Waals surface area contributed by atoms with Crippen molar-refractivity contribution in [3.05, 3.63) is 35.4 Å². The van der Waals surface area contributed by atoms with Gasteiger partial charge in [-0.05, 0) is 44.7 Å². The van der Waals surface area contributed by atoms with Crippen LogP contribution >= 0.6 is 0 Å². The van der Waals surface area contributed by atoms with Crippen LogP contribution in [0.2, 0.25) is 0 Å². The van der Waals surface area contributed by atoms with E-state index in [4.69, 9.17) is 9.84 Å². The Kier molecular flexibility index (Phi) is 6.88. The van der Waals surface area contributed by atoms with E-state index in [0.29, 0.717) is 0 Å². The van der Waals surface area contributed by atoms with Gasteiger partial charge < -0.3 is 25.8 Å². The summed E-state index contributed by atoms with van der Waals surface area (Å²) in [6.45, 7) is 5.04. The van der Waals surface area contributed by atoms with Crippen molar-refractivity contribution < 1.29 is 24.2 Å². The number of carbonyl (C=O) groups excluding carboxylic acids is 2. The Morgan fingerprint density at radius 2 is 2.00 bits per heavy atom. The molecule has 2 rings (SSSR count). The molecule has 28 heavy (non-hydrogen) atoms. The summed E-state index contributed by atoms with van der Waals surface area (Å²) in [4.78, 5) is 34.8. The van der Waals surface area contributed by atoms with Gasteiger partial charge in [-0.15, -0.1) is 0 Å². The molecule has 150 valence electrons. The predicted octanol–water partition coefficient (Wildman–Crippen LogP) is 1.95. The van der Waals surface area contributed by atoms with Crippen molar-refractivity contribution >= 4 is 18.1 Å². The number of nitrogens with one attached hydrogen (secondary N) is 3. The third-order valence-electron chi connectivity index (χ3n) is 3.95. The van der Waals surface area contributed by atoms with E-state index < -0.39 is 29.7 Å². The predicted molar refractivity (Wildman–Crippen MR) is 103 cm³/mol. The van der Waals surface area contributed by atoms with Crippen LogP contribution < -0.4 is 16.0 Å². The van der Waals surface area contributed by atoms with E-state index in [2.05, 4.69) is 21.9 Å². The maximum Gasteiger partial charge on any atom is 0.408 e. The second kappa shape index (κ2) is 9.13.